The second kappa shape index (κ2) is 4.78. The Morgan fingerprint density at radius 1 is 1.24 bits per heavy atom. The van der Waals surface area contributed by atoms with Crippen molar-refractivity contribution in [2.24, 2.45) is 16.8 Å². The van der Waals surface area contributed by atoms with Crippen molar-refractivity contribution in [1.82, 2.24) is 5.32 Å². The van der Waals surface area contributed by atoms with Gasteiger partial charge in [-0.05, 0) is 0 Å². The molecule has 7 nitrogen and oxygen atoms in total. The van der Waals surface area contributed by atoms with Crippen molar-refractivity contribution in [3.8, 4) is 0 Å². The fourth-order valence-electron chi connectivity index (χ4n) is 3.21. The number of rotatable bonds is 2. The van der Waals surface area contributed by atoms with Crippen LogP contribution in [-0.4, -0.2) is 40.6 Å². The number of hydrogen-bond acceptors (Lipinski definition) is 7. The number of carbonyl (C=O) groups excluding carboxylic acids is 2. The summed E-state index contributed by atoms with van der Waals surface area (Å²) in [6, 6.07) is -1.61. The van der Waals surface area contributed by atoms with E-state index < -0.39 is 41.6 Å². The zero-order valence-electron chi connectivity index (χ0n) is 11.1. The number of carboxylic acid groups (broad SMARTS) is 2. The van der Waals surface area contributed by atoms with Crippen molar-refractivity contribution in [3.63, 3.8) is 0 Å². The Bertz CT molecular complexity index is 582. The Labute approximate surface area is 120 Å². The van der Waals surface area contributed by atoms with Gasteiger partial charge in [0.05, 0.1) is 18.0 Å². The minimum Gasteiger partial charge on any atom is -0.549 e. The third-order valence-corrected chi connectivity index (χ3v) is 4.25. The highest BCUT2D eigenvalue weighted by molar-refractivity contribution is 5.97. The highest BCUT2D eigenvalue weighted by atomic mass is 16.4. The molecule has 0 bridgehead atoms. The molecule has 2 aliphatic carbocycles. The number of fused-ring (bicyclic) bond motifs is 2. The van der Waals surface area contributed by atoms with Gasteiger partial charge < -0.3 is 24.9 Å². The first-order valence-corrected chi connectivity index (χ1v) is 6.74. The maximum absolute atomic E-state index is 11.2. The molecule has 1 aliphatic heterocycles. The molecule has 0 saturated heterocycles. The van der Waals surface area contributed by atoms with Crippen LogP contribution in [0, 0.1) is 11.8 Å². The second-order valence-electron chi connectivity index (χ2n) is 5.57. The van der Waals surface area contributed by atoms with Gasteiger partial charge in [0.2, 0.25) is 0 Å². The van der Waals surface area contributed by atoms with E-state index in [0.717, 1.165) is 0 Å². The minimum absolute atomic E-state index is 0.151. The molecule has 0 aromatic heterocycles. The van der Waals surface area contributed by atoms with E-state index in [4.69, 9.17) is 0 Å². The number of aliphatic imine (C=N–C) groups is 1. The van der Waals surface area contributed by atoms with Gasteiger partial charge in [0.25, 0.3) is 0 Å². The van der Waals surface area contributed by atoms with Gasteiger partial charge in [0, 0.05) is 30.4 Å². The van der Waals surface area contributed by atoms with Crippen LogP contribution < -0.4 is 15.5 Å². The summed E-state index contributed by atoms with van der Waals surface area (Å²) in [5.41, 5.74) is -1.07. The smallest absolute Gasteiger partial charge is 0.143 e. The Kier molecular flexibility index (Phi) is 3.18. The monoisotopic (exact) mass is 290 g/mol. The Hall–Kier alpha value is -1.99. The number of nitrogens with zero attached hydrogens (tertiary/aromatic N) is 1. The molecule has 0 radical (unpaired) electrons. The van der Waals surface area contributed by atoms with E-state index in [2.05, 4.69) is 10.3 Å². The molecule has 3 rings (SSSR count). The number of carboxylic acids is 2. The van der Waals surface area contributed by atoms with Gasteiger partial charge in [-0.15, -0.1) is 0 Å². The molecular weight excluding hydrogens is 276 g/mol. The van der Waals surface area contributed by atoms with Crippen LogP contribution in [0.25, 0.3) is 0 Å². The minimum atomic E-state index is -1.59. The highest BCUT2D eigenvalue weighted by Crippen LogP contribution is 2.35. The molecule has 0 fully saturated rings. The summed E-state index contributed by atoms with van der Waals surface area (Å²) in [6.07, 6.45) is 6.72. The molecule has 112 valence electrons. The lowest BCUT2D eigenvalue weighted by Crippen LogP contribution is -2.69. The molecule has 2 N–H and O–H groups in total. The van der Waals surface area contributed by atoms with E-state index in [9.17, 15) is 24.9 Å². The first-order valence-electron chi connectivity index (χ1n) is 6.74. The number of aliphatic carboxylic acids is 2. The van der Waals surface area contributed by atoms with Crippen molar-refractivity contribution < 1.29 is 24.9 Å². The average Bonchev–Trinajstić information content (AvgIpc) is 2.42. The van der Waals surface area contributed by atoms with Crippen molar-refractivity contribution in [3.05, 3.63) is 24.3 Å². The largest absolute Gasteiger partial charge is 0.549 e. The maximum Gasteiger partial charge on any atom is 0.143 e. The zero-order chi connectivity index (χ0) is 15.2. The Balaban J connectivity index is 2.01. The molecule has 0 amide bonds. The molecule has 0 saturated carbocycles. The van der Waals surface area contributed by atoms with Gasteiger partial charge in [-0.2, -0.15) is 0 Å². The van der Waals surface area contributed by atoms with Crippen LogP contribution in [0.5, 0.6) is 0 Å². The van der Waals surface area contributed by atoms with Gasteiger partial charge in [-0.1, -0.05) is 24.3 Å². The summed E-state index contributed by atoms with van der Waals surface area (Å²) in [4.78, 5) is 26.7. The van der Waals surface area contributed by atoms with Crippen LogP contribution in [0.1, 0.15) is 12.8 Å². The summed E-state index contributed by atoms with van der Waals surface area (Å²) in [5.74, 6) is -4.56. The first-order chi connectivity index (χ1) is 9.92. The van der Waals surface area contributed by atoms with Gasteiger partial charge in [0.15, 0.2) is 0 Å². The predicted molar refractivity (Wildman–Crippen MR) is 67.6 cm³/mol. The van der Waals surface area contributed by atoms with Crippen molar-refractivity contribution in [2.75, 3.05) is 0 Å². The van der Waals surface area contributed by atoms with E-state index in [1.165, 1.54) is 18.2 Å². The topological polar surface area (TPSA) is 125 Å². The lowest BCUT2D eigenvalue weighted by Gasteiger charge is -2.48. The zero-order valence-corrected chi connectivity index (χ0v) is 11.1. The Morgan fingerprint density at radius 2 is 1.90 bits per heavy atom. The van der Waals surface area contributed by atoms with Crippen LogP contribution in [0.4, 0.5) is 0 Å². The number of hydrogen-bond donors (Lipinski definition) is 2. The highest BCUT2D eigenvalue weighted by Gasteiger charge is 2.49. The van der Waals surface area contributed by atoms with Crippen molar-refractivity contribution >= 4 is 17.7 Å². The van der Waals surface area contributed by atoms with Gasteiger partial charge in [-0.3, -0.25) is 10.3 Å². The van der Waals surface area contributed by atoms with Crippen LogP contribution in [-0.2, 0) is 9.59 Å². The normalized spacial score (nSPS) is 40.9. The van der Waals surface area contributed by atoms with Crippen LogP contribution in [0.3, 0.4) is 0 Å². The van der Waals surface area contributed by atoms with E-state index in [-0.39, 0.29) is 6.42 Å². The summed E-state index contributed by atoms with van der Waals surface area (Å²) in [7, 11) is 0. The van der Waals surface area contributed by atoms with Crippen LogP contribution >= 0.6 is 0 Å². The molecule has 0 aromatic rings. The molecule has 0 spiro atoms. The van der Waals surface area contributed by atoms with Crippen LogP contribution in [0.15, 0.2) is 29.3 Å². The van der Waals surface area contributed by atoms with Gasteiger partial charge in [0.1, 0.15) is 11.8 Å². The summed E-state index contributed by atoms with van der Waals surface area (Å²) in [6.45, 7) is 0. The molecule has 2 unspecified atom stereocenters. The second-order valence-corrected chi connectivity index (χ2v) is 5.57. The van der Waals surface area contributed by atoms with Crippen molar-refractivity contribution in [2.45, 2.75) is 30.7 Å². The third-order valence-electron chi connectivity index (χ3n) is 4.25. The molecule has 5 atom stereocenters. The van der Waals surface area contributed by atoms with Crippen LogP contribution in [0.2, 0.25) is 0 Å². The van der Waals surface area contributed by atoms with E-state index in [0.29, 0.717) is 12.1 Å². The lowest BCUT2D eigenvalue weighted by atomic mass is 9.77. The van der Waals surface area contributed by atoms with Gasteiger partial charge in [-0.25, -0.2) is 0 Å². The first kappa shape index (κ1) is 14.0. The molecule has 7 heteroatoms. The quantitative estimate of drug-likeness (QED) is 0.526. The standard InChI is InChI=1S/C14H16N2O5/c17-12(18)7-3-1-5-9-10(7)16-14(21)6-2-4-8(13(19)20)11(14)15-9/h1-4,7-8,10-11,16,21H,5-6H2,(H,17,18)(H,19,20)/p-2/t7-,8-,10+,11?,14?/m1/s1. The predicted octanol–water partition coefficient (Wildman–Crippen LogP) is -2.89. The number of carbonyl (C=O) groups is 2. The molecule has 21 heavy (non-hydrogen) atoms. The summed E-state index contributed by atoms with van der Waals surface area (Å²) in [5, 5.41) is 35.9. The molecule has 0 aromatic carbocycles. The molecule has 1 heterocycles. The fourth-order valence-corrected chi connectivity index (χ4v) is 3.21. The SMILES string of the molecule is O=C([O-])[C@@H]1C=CCC2(O)N[C@@H]3C(=NC12)CC=C[C@H]3C(=O)[O-]. The van der Waals surface area contributed by atoms with Crippen molar-refractivity contribution in [1.29, 1.82) is 0 Å². The average molecular weight is 290 g/mol. The van der Waals surface area contributed by atoms with E-state index in [1.54, 1.807) is 6.08 Å². The molecular formula is C14H14N2O5-2. The van der Waals surface area contributed by atoms with E-state index in [1.807, 2.05) is 0 Å². The lowest BCUT2D eigenvalue weighted by molar-refractivity contribution is -0.313. The number of aliphatic hydroxyl groups is 1. The fraction of sp³-hybridized carbons (Fsp3) is 0.500. The molecule has 3 aliphatic rings. The summed E-state index contributed by atoms with van der Waals surface area (Å²) < 4.78 is 0. The van der Waals surface area contributed by atoms with E-state index >= 15 is 0 Å². The third kappa shape index (κ3) is 2.18. The Morgan fingerprint density at radius 3 is 2.57 bits per heavy atom. The number of allylic oxidation sites excluding steroid dienone is 1. The van der Waals surface area contributed by atoms with Gasteiger partial charge >= 0.3 is 0 Å². The summed E-state index contributed by atoms with van der Waals surface area (Å²) >= 11 is 0. The number of nitrogens with one attached hydrogen (secondary N) is 1. The maximum atomic E-state index is 11.2.